The maximum Gasteiger partial charge on any atom is 0.307 e. The number of rotatable bonds is 9. The fraction of sp³-hybridized carbons (Fsp3) is 0.814. The van der Waals surface area contributed by atoms with Gasteiger partial charge in [-0.25, -0.2) is 0 Å². The molecule has 4 fully saturated rings. The third-order valence-corrected chi connectivity index (χ3v) is 13.3. The summed E-state index contributed by atoms with van der Waals surface area (Å²) < 4.78 is 43.2. The molecule has 55 heavy (non-hydrogen) atoms. The minimum absolute atomic E-state index is 0.00546. The number of ketones is 1. The Hall–Kier alpha value is -2.00. The highest BCUT2D eigenvalue weighted by molar-refractivity contribution is 5.99. The number of carbonyl (C=O) groups is 2. The molecule has 0 aromatic heterocycles. The van der Waals surface area contributed by atoms with E-state index in [2.05, 4.69) is 44.1 Å². The van der Waals surface area contributed by atoms with Gasteiger partial charge in [-0.3, -0.25) is 9.59 Å². The molecule has 1 saturated carbocycles. The smallest absolute Gasteiger partial charge is 0.307 e. The lowest BCUT2D eigenvalue weighted by Gasteiger charge is -2.44. The molecule has 12 heteroatoms. The van der Waals surface area contributed by atoms with Gasteiger partial charge in [0.05, 0.1) is 36.9 Å². The highest BCUT2D eigenvalue weighted by Crippen LogP contribution is 2.52. The molecule has 0 spiro atoms. The minimum atomic E-state index is -0.901. The first-order valence-corrected chi connectivity index (χ1v) is 20.8. The van der Waals surface area contributed by atoms with Crippen LogP contribution in [0.5, 0.6) is 0 Å². The molecule has 3 heterocycles. The Morgan fingerprint density at radius 3 is 2.36 bits per heavy atom. The van der Waals surface area contributed by atoms with Gasteiger partial charge in [0.15, 0.2) is 18.4 Å². The summed E-state index contributed by atoms with van der Waals surface area (Å²) in [4.78, 5) is 30.7. The number of allylic oxidation sites excluding steroid dienone is 4. The number of likely N-dealkylation sites (N-methyl/N-ethyl adjacent to an activating group) is 1. The van der Waals surface area contributed by atoms with Gasteiger partial charge < -0.3 is 48.3 Å². The number of carbonyl (C=O) groups excluding carboxylic acids is 2. The van der Waals surface area contributed by atoms with E-state index in [1.54, 1.807) is 33.3 Å². The lowest BCUT2D eigenvalue weighted by molar-refractivity contribution is -0.314. The van der Waals surface area contributed by atoms with Gasteiger partial charge in [-0.05, 0) is 122 Å². The van der Waals surface area contributed by atoms with Gasteiger partial charge in [0.1, 0.15) is 24.4 Å². The van der Waals surface area contributed by atoms with E-state index < -0.39 is 49.0 Å². The van der Waals surface area contributed by atoms with Crippen LogP contribution in [0.4, 0.5) is 0 Å². The third-order valence-electron chi connectivity index (χ3n) is 13.3. The van der Waals surface area contributed by atoms with Crippen molar-refractivity contribution < 1.29 is 53.0 Å². The summed E-state index contributed by atoms with van der Waals surface area (Å²) in [5.41, 5.74) is 0.694. The van der Waals surface area contributed by atoms with E-state index in [1.807, 2.05) is 13.8 Å². The predicted octanol–water partition coefficient (Wildman–Crippen LogP) is 4.75. The topological polar surface area (TPSA) is 142 Å². The first-order valence-electron chi connectivity index (χ1n) is 20.8. The molecule has 310 valence electrons. The number of cyclic esters (lactones) is 1. The van der Waals surface area contributed by atoms with Crippen molar-refractivity contribution in [2.24, 2.45) is 35.5 Å². The van der Waals surface area contributed by atoms with Gasteiger partial charge in [-0.15, -0.1) is 0 Å². The maximum atomic E-state index is 14.8. The Bertz CT molecular complexity index is 1400. The predicted molar refractivity (Wildman–Crippen MR) is 205 cm³/mol. The van der Waals surface area contributed by atoms with Crippen molar-refractivity contribution in [3.8, 4) is 0 Å². The van der Waals surface area contributed by atoms with E-state index in [0.717, 1.165) is 32.1 Å². The van der Waals surface area contributed by atoms with Crippen LogP contribution in [0, 0.1) is 35.5 Å². The molecule has 3 saturated heterocycles. The van der Waals surface area contributed by atoms with Crippen molar-refractivity contribution in [1.29, 1.82) is 0 Å². The van der Waals surface area contributed by atoms with Crippen LogP contribution in [0.25, 0.3) is 0 Å². The summed E-state index contributed by atoms with van der Waals surface area (Å²) >= 11 is 0. The SMILES string of the molecule is CO[C@@H]1[C@@H](O)[C@@H](OC)[C@H](OC2CC3C=CC4C5CC(=O)O[C@@H](/C=C/C(C)O)CCC[C@H](OC6CC[C@H](N(C)C)[C@@H](C)O6)[C@@H](C)C(=O)C5=CC4C(C3)C2)O[C@H]1C. The lowest BCUT2D eigenvalue weighted by atomic mass is 9.72. The monoisotopic (exact) mass is 773 g/mol. The van der Waals surface area contributed by atoms with Crippen molar-refractivity contribution in [2.75, 3.05) is 28.3 Å². The van der Waals surface area contributed by atoms with E-state index in [4.69, 9.17) is 33.2 Å². The molecule has 2 bridgehead atoms. The summed E-state index contributed by atoms with van der Waals surface area (Å²) in [5.74, 6) is -0.643. The molecule has 8 unspecified atom stereocenters. The standard InChI is InChI=1S/C43H67NO11/c1-23(45)12-14-29-10-9-11-36(55-38-17-16-35(44(5)6)25(3)51-38)24(2)39(47)34-21-32-28-18-27(13-15-31(32)33(34)22-37(46)53-29)19-30(20-28)54-43-42(50-8)40(48)41(49-7)26(4)52-43/h12-15,21,23-33,35-36,38,40-43,45,48H,9-11,16-20,22H2,1-8H3/b14-12+/t23?,24-,25-,26+,27?,28?,29-,30?,31?,32?,33?,35+,36+,38?,40-,41+,42-,43+/m1/s1. The van der Waals surface area contributed by atoms with Gasteiger partial charge >= 0.3 is 5.97 Å². The highest BCUT2D eigenvalue weighted by Gasteiger charge is 2.50. The molecular formula is C43H67NO11. The molecule has 18 atom stereocenters. The second kappa shape index (κ2) is 18.7. The van der Waals surface area contributed by atoms with Crippen molar-refractivity contribution in [1.82, 2.24) is 4.90 Å². The number of Topliss-reactive ketones (excluding diaryl/α,β-unsaturated/α-hetero) is 1. The summed E-state index contributed by atoms with van der Waals surface area (Å²) in [6.07, 6.45) is 10.9. The number of nitrogens with zero attached hydrogens (tertiary/aromatic N) is 1. The van der Waals surface area contributed by atoms with Gasteiger partial charge in [0.2, 0.25) is 0 Å². The van der Waals surface area contributed by atoms with Crippen molar-refractivity contribution in [3.63, 3.8) is 0 Å². The summed E-state index contributed by atoms with van der Waals surface area (Å²) in [5, 5.41) is 21.0. The molecular weight excluding hydrogens is 706 g/mol. The normalized spacial score (nSPS) is 44.9. The molecule has 2 N–H and O–H groups in total. The average molecular weight is 774 g/mol. The molecule has 3 aliphatic heterocycles. The Labute approximate surface area is 327 Å². The maximum absolute atomic E-state index is 14.8. The number of fused-ring (bicyclic) bond motifs is 6. The van der Waals surface area contributed by atoms with Crippen LogP contribution >= 0.6 is 0 Å². The molecule has 6 rings (SSSR count). The molecule has 0 aromatic carbocycles. The summed E-state index contributed by atoms with van der Waals surface area (Å²) in [6.45, 7) is 7.60. The molecule has 0 amide bonds. The summed E-state index contributed by atoms with van der Waals surface area (Å²) in [7, 11) is 7.24. The molecule has 6 aliphatic rings. The fourth-order valence-electron chi connectivity index (χ4n) is 10.4. The number of hydrogen-bond donors (Lipinski definition) is 2. The van der Waals surface area contributed by atoms with Crippen molar-refractivity contribution in [3.05, 3.63) is 36.0 Å². The Kier molecular flexibility index (Phi) is 14.5. The molecule has 0 aromatic rings. The minimum Gasteiger partial charge on any atom is -0.458 e. The quantitative estimate of drug-likeness (QED) is 0.247. The van der Waals surface area contributed by atoms with E-state index in [9.17, 15) is 19.8 Å². The number of esters is 1. The largest absolute Gasteiger partial charge is 0.458 e. The second-order valence-corrected chi connectivity index (χ2v) is 17.3. The molecule has 12 nitrogen and oxygen atoms in total. The summed E-state index contributed by atoms with van der Waals surface area (Å²) in [6, 6.07) is 0.301. The van der Waals surface area contributed by atoms with Crippen LogP contribution in [0.1, 0.15) is 85.5 Å². The number of ether oxygens (including phenoxy) is 7. The first-order chi connectivity index (χ1) is 26.3. The second-order valence-electron chi connectivity index (χ2n) is 17.3. The third kappa shape index (κ3) is 9.83. The Morgan fingerprint density at radius 1 is 0.909 bits per heavy atom. The Morgan fingerprint density at radius 2 is 1.67 bits per heavy atom. The van der Waals surface area contributed by atoms with Crippen LogP contribution in [0.2, 0.25) is 0 Å². The van der Waals surface area contributed by atoms with Gasteiger partial charge in [0.25, 0.3) is 0 Å². The number of aliphatic hydroxyl groups is 2. The highest BCUT2D eigenvalue weighted by atomic mass is 16.7. The van der Waals surface area contributed by atoms with Crippen LogP contribution < -0.4 is 0 Å². The zero-order valence-electron chi connectivity index (χ0n) is 34.2. The van der Waals surface area contributed by atoms with E-state index in [0.29, 0.717) is 30.9 Å². The average Bonchev–Trinajstić information content (AvgIpc) is 3.42. The molecule has 0 radical (unpaired) electrons. The lowest BCUT2D eigenvalue weighted by Crippen LogP contribution is -2.59. The number of methoxy groups -OCH3 is 2. The zero-order valence-corrected chi connectivity index (χ0v) is 34.2. The van der Waals surface area contributed by atoms with Crippen molar-refractivity contribution >= 4 is 11.8 Å². The van der Waals surface area contributed by atoms with Gasteiger partial charge in [0, 0.05) is 32.1 Å². The van der Waals surface area contributed by atoms with Crippen LogP contribution in [0.15, 0.2) is 36.0 Å². The zero-order chi connectivity index (χ0) is 39.6. The van der Waals surface area contributed by atoms with E-state index >= 15 is 0 Å². The van der Waals surface area contributed by atoms with Crippen LogP contribution in [0.3, 0.4) is 0 Å². The molecule has 3 aliphatic carbocycles. The number of hydrogen-bond acceptors (Lipinski definition) is 12. The van der Waals surface area contributed by atoms with Gasteiger partial charge in [-0.2, -0.15) is 0 Å². The number of aliphatic hydroxyl groups excluding tert-OH is 2. The van der Waals surface area contributed by atoms with E-state index in [-0.39, 0.29) is 72.2 Å². The van der Waals surface area contributed by atoms with Crippen LogP contribution in [-0.4, -0.2) is 129 Å². The Balaban J connectivity index is 1.24. The van der Waals surface area contributed by atoms with Gasteiger partial charge in [-0.1, -0.05) is 31.2 Å². The first kappa shape index (κ1) is 42.6. The van der Waals surface area contributed by atoms with Crippen LogP contribution in [-0.2, 0) is 42.7 Å². The van der Waals surface area contributed by atoms with E-state index in [1.165, 1.54) is 0 Å². The van der Waals surface area contributed by atoms with Crippen molar-refractivity contribution in [2.45, 2.75) is 159 Å². The fourth-order valence-corrected chi connectivity index (χ4v) is 10.4.